The van der Waals surface area contributed by atoms with Crippen LogP contribution in [-0.2, 0) is 14.8 Å². The normalized spacial score (nSPS) is 11.2. The second-order valence-corrected chi connectivity index (χ2v) is 7.38. The van der Waals surface area contributed by atoms with Gasteiger partial charge in [-0.1, -0.05) is 30.3 Å². The zero-order valence-electron chi connectivity index (χ0n) is 15.3. The Kier molecular flexibility index (Phi) is 7.73. The number of urea groups is 1. The third-order valence-corrected chi connectivity index (χ3v) is 4.65. The molecular formula is C19H22N4O4S. The maximum Gasteiger partial charge on any atom is 0.318 e. The number of nitrogens with one attached hydrogen (secondary N) is 4. The van der Waals surface area contributed by atoms with Crippen molar-refractivity contribution in [3.05, 3.63) is 65.6 Å². The van der Waals surface area contributed by atoms with Gasteiger partial charge in [0.1, 0.15) is 0 Å². The molecular weight excluding hydrogens is 380 g/mol. The van der Waals surface area contributed by atoms with Gasteiger partial charge in [0, 0.05) is 36.8 Å². The topological polar surface area (TPSA) is 116 Å². The summed E-state index contributed by atoms with van der Waals surface area (Å²) >= 11 is 0. The monoisotopic (exact) mass is 402 g/mol. The lowest BCUT2D eigenvalue weighted by Crippen LogP contribution is -2.26. The SMILES string of the molecule is CNC(=O)Nc1ccc(NC(=O)CCNS(=O)(=O)/C=C/c2ccccc2)cc1. The molecule has 0 saturated carbocycles. The minimum atomic E-state index is -3.62. The van der Waals surface area contributed by atoms with Crippen LogP contribution in [0.1, 0.15) is 12.0 Å². The fourth-order valence-corrected chi connectivity index (χ4v) is 2.96. The second-order valence-electron chi connectivity index (χ2n) is 5.73. The summed E-state index contributed by atoms with van der Waals surface area (Å²) in [4.78, 5) is 23.2. The predicted molar refractivity (Wildman–Crippen MR) is 110 cm³/mol. The van der Waals surface area contributed by atoms with Crippen molar-refractivity contribution in [2.45, 2.75) is 6.42 Å². The highest BCUT2D eigenvalue weighted by molar-refractivity contribution is 7.92. The molecule has 0 spiro atoms. The molecule has 0 heterocycles. The first-order valence-electron chi connectivity index (χ1n) is 8.49. The summed E-state index contributed by atoms with van der Waals surface area (Å²) in [6, 6.07) is 15.2. The van der Waals surface area contributed by atoms with Gasteiger partial charge < -0.3 is 16.0 Å². The van der Waals surface area contributed by atoms with E-state index in [-0.39, 0.29) is 24.9 Å². The van der Waals surface area contributed by atoms with Crippen molar-refractivity contribution in [2.24, 2.45) is 0 Å². The Morgan fingerprint density at radius 1 is 0.929 bits per heavy atom. The van der Waals surface area contributed by atoms with Crippen LogP contribution in [0.5, 0.6) is 0 Å². The quantitative estimate of drug-likeness (QED) is 0.542. The third-order valence-electron chi connectivity index (χ3n) is 3.55. The van der Waals surface area contributed by atoms with Crippen LogP contribution in [0.25, 0.3) is 6.08 Å². The second kappa shape index (κ2) is 10.2. The first kappa shape index (κ1) is 21.1. The Bertz CT molecular complexity index is 926. The minimum absolute atomic E-state index is 0.0172. The van der Waals surface area contributed by atoms with E-state index in [0.717, 1.165) is 11.0 Å². The van der Waals surface area contributed by atoms with Crippen molar-refractivity contribution in [3.8, 4) is 0 Å². The molecule has 8 nitrogen and oxygen atoms in total. The van der Waals surface area contributed by atoms with Crippen molar-refractivity contribution in [1.82, 2.24) is 10.0 Å². The molecule has 4 N–H and O–H groups in total. The molecule has 3 amide bonds. The number of benzene rings is 2. The van der Waals surface area contributed by atoms with Crippen molar-refractivity contribution in [3.63, 3.8) is 0 Å². The molecule has 0 fully saturated rings. The van der Waals surface area contributed by atoms with Gasteiger partial charge in [0.2, 0.25) is 15.9 Å². The van der Waals surface area contributed by atoms with Gasteiger partial charge >= 0.3 is 6.03 Å². The van der Waals surface area contributed by atoms with Crippen molar-refractivity contribution in [2.75, 3.05) is 24.2 Å². The molecule has 2 aromatic carbocycles. The first-order valence-corrected chi connectivity index (χ1v) is 10.0. The van der Waals surface area contributed by atoms with Gasteiger partial charge in [-0.2, -0.15) is 0 Å². The highest BCUT2D eigenvalue weighted by Gasteiger charge is 2.08. The summed E-state index contributed by atoms with van der Waals surface area (Å²) in [6.45, 7) is -0.0242. The molecule has 28 heavy (non-hydrogen) atoms. The lowest BCUT2D eigenvalue weighted by atomic mass is 10.2. The van der Waals surface area contributed by atoms with E-state index in [1.165, 1.54) is 13.1 Å². The Labute approximate surface area is 164 Å². The van der Waals surface area contributed by atoms with E-state index in [0.29, 0.717) is 11.4 Å². The van der Waals surface area contributed by atoms with Crippen LogP contribution in [0.2, 0.25) is 0 Å². The number of hydrogen-bond donors (Lipinski definition) is 4. The van der Waals surface area contributed by atoms with Crippen LogP contribution < -0.4 is 20.7 Å². The van der Waals surface area contributed by atoms with Gasteiger partial charge in [-0.25, -0.2) is 17.9 Å². The van der Waals surface area contributed by atoms with Gasteiger partial charge in [-0.3, -0.25) is 4.79 Å². The van der Waals surface area contributed by atoms with E-state index in [4.69, 9.17) is 0 Å². The fraction of sp³-hybridized carbons (Fsp3) is 0.158. The highest BCUT2D eigenvalue weighted by Crippen LogP contribution is 2.13. The lowest BCUT2D eigenvalue weighted by Gasteiger charge is -2.08. The Hall–Kier alpha value is -3.17. The van der Waals surface area contributed by atoms with Crippen LogP contribution in [-0.4, -0.2) is 33.9 Å². The maximum atomic E-state index is 11.9. The molecule has 0 atom stereocenters. The molecule has 2 aromatic rings. The summed E-state index contributed by atoms with van der Waals surface area (Å²) in [5.74, 6) is -0.332. The van der Waals surface area contributed by atoms with Gasteiger partial charge in [-0.05, 0) is 35.9 Å². The Morgan fingerprint density at radius 3 is 2.14 bits per heavy atom. The van der Waals surface area contributed by atoms with Crippen LogP contribution in [0.3, 0.4) is 0 Å². The number of carbonyl (C=O) groups excluding carboxylic acids is 2. The average molecular weight is 402 g/mol. The number of rotatable bonds is 8. The molecule has 148 valence electrons. The van der Waals surface area contributed by atoms with Crippen molar-refractivity contribution < 1.29 is 18.0 Å². The Balaban J connectivity index is 1.77. The van der Waals surface area contributed by atoms with Crippen molar-refractivity contribution >= 4 is 39.4 Å². The predicted octanol–water partition coefficient (Wildman–Crippen LogP) is 2.36. The fourth-order valence-electron chi connectivity index (χ4n) is 2.14. The number of sulfonamides is 1. The van der Waals surface area contributed by atoms with E-state index in [1.807, 2.05) is 18.2 Å². The van der Waals surface area contributed by atoms with E-state index >= 15 is 0 Å². The van der Waals surface area contributed by atoms with Gasteiger partial charge in [-0.15, -0.1) is 0 Å². The van der Waals surface area contributed by atoms with Crippen LogP contribution in [0.4, 0.5) is 16.2 Å². The summed E-state index contributed by atoms with van der Waals surface area (Å²) < 4.78 is 26.2. The van der Waals surface area contributed by atoms with Crippen LogP contribution >= 0.6 is 0 Å². The molecule has 0 bridgehead atoms. The maximum absolute atomic E-state index is 11.9. The lowest BCUT2D eigenvalue weighted by molar-refractivity contribution is -0.116. The van der Waals surface area contributed by atoms with Crippen LogP contribution in [0.15, 0.2) is 60.0 Å². The molecule has 0 saturated heterocycles. The van der Waals surface area contributed by atoms with E-state index in [2.05, 4.69) is 20.7 Å². The van der Waals surface area contributed by atoms with Gasteiger partial charge in [0.15, 0.2) is 0 Å². The summed E-state index contributed by atoms with van der Waals surface area (Å²) in [5, 5.41) is 8.76. The summed E-state index contributed by atoms with van der Waals surface area (Å²) in [5.41, 5.74) is 1.88. The zero-order valence-corrected chi connectivity index (χ0v) is 16.1. The number of hydrogen-bond acceptors (Lipinski definition) is 4. The third kappa shape index (κ3) is 7.60. The molecule has 0 unspecified atom stereocenters. The number of anilines is 2. The number of amides is 3. The van der Waals surface area contributed by atoms with E-state index < -0.39 is 10.0 Å². The standard InChI is InChI=1S/C19H22N4O4S/c1-20-19(25)23-17-9-7-16(8-10-17)22-18(24)11-13-21-28(26,27)14-12-15-5-3-2-4-6-15/h2-10,12,14,21H,11,13H2,1H3,(H,22,24)(H2,20,23,25)/b14-12+. The van der Waals surface area contributed by atoms with E-state index in [1.54, 1.807) is 36.4 Å². The molecule has 0 aromatic heterocycles. The smallest absolute Gasteiger partial charge is 0.318 e. The molecule has 0 radical (unpaired) electrons. The molecule has 2 rings (SSSR count). The minimum Gasteiger partial charge on any atom is -0.341 e. The van der Waals surface area contributed by atoms with Gasteiger partial charge in [0.25, 0.3) is 0 Å². The van der Waals surface area contributed by atoms with Crippen LogP contribution in [0, 0.1) is 0 Å². The largest absolute Gasteiger partial charge is 0.341 e. The molecule has 0 aliphatic heterocycles. The zero-order chi connectivity index (χ0) is 20.4. The Morgan fingerprint density at radius 2 is 1.54 bits per heavy atom. The molecule has 9 heteroatoms. The van der Waals surface area contributed by atoms with E-state index in [9.17, 15) is 18.0 Å². The summed E-state index contributed by atoms with van der Waals surface area (Å²) in [6.07, 6.45) is 1.47. The van der Waals surface area contributed by atoms with Gasteiger partial charge in [0.05, 0.1) is 0 Å². The first-order chi connectivity index (χ1) is 13.4. The molecule has 0 aliphatic carbocycles. The summed E-state index contributed by atoms with van der Waals surface area (Å²) in [7, 11) is -2.12. The highest BCUT2D eigenvalue weighted by atomic mass is 32.2. The average Bonchev–Trinajstić information content (AvgIpc) is 2.68. The molecule has 0 aliphatic rings. The van der Waals surface area contributed by atoms with Crippen molar-refractivity contribution in [1.29, 1.82) is 0 Å². The number of carbonyl (C=O) groups is 2.